The summed E-state index contributed by atoms with van der Waals surface area (Å²) in [5, 5.41) is 7.46. The van der Waals surface area contributed by atoms with Gasteiger partial charge in [0.2, 0.25) is 0 Å². The van der Waals surface area contributed by atoms with Crippen LogP contribution in [-0.4, -0.2) is 42.8 Å². The van der Waals surface area contributed by atoms with Crippen molar-refractivity contribution in [3.8, 4) is 0 Å². The van der Waals surface area contributed by atoms with Crippen molar-refractivity contribution in [3.63, 3.8) is 0 Å². The molecule has 0 aromatic heterocycles. The van der Waals surface area contributed by atoms with Crippen molar-refractivity contribution in [3.05, 3.63) is 35.4 Å². The average molecular weight is 531 g/mol. The van der Waals surface area contributed by atoms with Crippen LogP contribution in [0.2, 0.25) is 0 Å². The van der Waals surface area contributed by atoms with Crippen molar-refractivity contribution >= 4 is 41.7 Å². The maximum absolute atomic E-state index is 12.2. The normalized spacial score (nSPS) is 20.0. The van der Waals surface area contributed by atoms with E-state index in [4.69, 9.17) is 4.74 Å². The number of nitrogens with one attached hydrogen (secondary N) is 2. The predicted octanol–water partition coefficient (Wildman–Crippen LogP) is 4.72. The number of thioether (sulfide) groups is 1. The first kappa shape index (κ1) is 25.4. The average Bonchev–Trinajstić information content (AvgIpc) is 3.07. The van der Waals surface area contributed by atoms with E-state index in [1.165, 1.54) is 6.42 Å². The first-order valence-electron chi connectivity index (χ1n) is 9.19. The van der Waals surface area contributed by atoms with Gasteiger partial charge in [-0.2, -0.15) is 24.9 Å². The molecule has 0 bridgehead atoms. The summed E-state index contributed by atoms with van der Waals surface area (Å²) in [6.45, 7) is 1.96. The lowest BCUT2D eigenvalue weighted by Gasteiger charge is -2.17. The molecule has 0 radical (unpaired) electrons. The van der Waals surface area contributed by atoms with Gasteiger partial charge in [0.15, 0.2) is 5.96 Å². The number of alkyl halides is 3. The Kier molecular flexibility index (Phi) is 11.6. The predicted molar refractivity (Wildman–Crippen MR) is 120 cm³/mol. The highest BCUT2D eigenvalue weighted by atomic mass is 127. The van der Waals surface area contributed by atoms with Gasteiger partial charge in [0.05, 0.1) is 13.2 Å². The fourth-order valence-electron chi connectivity index (χ4n) is 3.07. The number of nitrogens with zero attached hydrogens (tertiary/aromatic N) is 1. The molecule has 160 valence electrons. The molecule has 0 amide bonds. The van der Waals surface area contributed by atoms with Gasteiger partial charge in [-0.05, 0) is 43.6 Å². The molecular formula is C19H29F3IN3OS. The second-order valence-corrected chi connectivity index (χ2v) is 7.77. The van der Waals surface area contributed by atoms with Crippen molar-refractivity contribution in [2.75, 3.05) is 19.4 Å². The number of aliphatic imine (C=N–C) groups is 1. The van der Waals surface area contributed by atoms with Crippen molar-refractivity contribution < 1.29 is 17.9 Å². The molecule has 1 aliphatic carbocycles. The van der Waals surface area contributed by atoms with E-state index in [2.05, 4.69) is 21.9 Å². The van der Waals surface area contributed by atoms with Crippen LogP contribution in [0.4, 0.5) is 13.2 Å². The summed E-state index contributed by atoms with van der Waals surface area (Å²) in [6.07, 6.45) is 1.35. The molecule has 1 aliphatic rings. The van der Waals surface area contributed by atoms with Gasteiger partial charge in [0.25, 0.3) is 0 Å². The van der Waals surface area contributed by atoms with Crippen LogP contribution in [0.5, 0.6) is 0 Å². The molecule has 1 saturated carbocycles. The molecule has 2 rings (SSSR count). The molecule has 1 fully saturated rings. The van der Waals surface area contributed by atoms with E-state index < -0.39 is 12.8 Å². The topological polar surface area (TPSA) is 45.7 Å². The second kappa shape index (κ2) is 12.8. The van der Waals surface area contributed by atoms with Gasteiger partial charge in [-0.3, -0.25) is 0 Å². The quantitative estimate of drug-likeness (QED) is 0.290. The van der Waals surface area contributed by atoms with Crippen molar-refractivity contribution in [2.24, 2.45) is 4.99 Å². The van der Waals surface area contributed by atoms with Crippen LogP contribution in [-0.2, 0) is 17.9 Å². The molecule has 28 heavy (non-hydrogen) atoms. The summed E-state index contributed by atoms with van der Waals surface area (Å²) < 4.78 is 41.3. The highest BCUT2D eigenvalue weighted by Gasteiger charge is 2.27. The Balaban J connectivity index is 0.00000392. The Morgan fingerprint density at radius 1 is 1.29 bits per heavy atom. The number of halogens is 4. The summed E-state index contributed by atoms with van der Waals surface area (Å²) in [6, 6.07) is 7.76. The Morgan fingerprint density at radius 3 is 2.68 bits per heavy atom. The summed E-state index contributed by atoms with van der Waals surface area (Å²) in [4.78, 5) is 4.63. The van der Waals surface area contributed by atoms with Crippen molar-refractivity contribution in [1.82, 2.24) is 10.6 Å². The van der Waals surface area contributed by atoms with Crippen LogP contribution in [0, 0.1) is 0 Å². The molecule has 2 atom stereocenters. The van der Waals surface area contributed by atoms with Gasteiger partial charge >= 0.3 is 6.18 Å². The minimum Gasteiger partial charge on any atom is -0.367 e. The number of benzene rings is 1. The second-order valence-electron chi connectivity index (χ2n) is 6.64. The smallest absolute Gasteiger partial charge is 0.367 e. The Labute approximate surface area is 186 Å². The molecule has 0 aliphatic heterocycles. The fraction of sp³-hybridized carbons (Fsp3) is 0.632. The monoisotopic (exact) mass is 531 g/mol. The lowest BCUT2D eigenvalue weighted by Crippen LogP contribution is -2.42. The molecule has 2 N–H and O–H groups in total. The Hall–Kier alpha value is -0.680. The maximum Gasteiger partial charge on any atom is 0.411 e. The van der Waals surface area contributed by atoms with Crippen molar-refractivity contribution in [1.29, 1.82) is 0 Å². The van der Waals surface area contributed by atoms with E-state index >= 15 is 0 Å². The summed E-state index contributed by atoms with van der Waals surface area (Å²) in [7, 11) is 0. The molecule has 1 aromatic rings. The van der Waals surface area contributed by atoms with E-state index in [1.807, 2.05) is 36.9 Å². The molecule has 4 nitrogen and oxygen atoms in total. The molecule has 0 saturated heterocycles. The van der Waals surface area contributed by atoms with Crippen molar-refractivity contribution in [2.45, 2.75) is 56.8 Å². The van der Waals surface area contributed by atoms with E-state index in [1.54, 1.807) is 6.07 Å². The molecular weight excluding hydrogens is 502 g/mol. The van der Waals surface area contributed by atoms with Crippen LogP contribution in [0.15, 0.2) is 29.3 Å². The maximum atomic E-state index is 12.2. The zero-order chi connectivity index (χ0) is 19.7. The van der Waals surface area contributed by atoms with Gasteiger partial charge in [0.1, 0.15) is 6.61 Å². The molecule has 0 spiro atoms. The lowest BCUT2D eigenvalue weighted by molar-refractivity contribution is -0.176. The van der Waals surface area contributed by atoms with E-state index in [9.17, 15) is 13.2 Å². The van der Waals surface area contributed by atoms with Gasteiger partial charge in [-0.25, -0.2) is 4.99 Å². The third-order valence-corrected chi connectivity index (χ3v) is 5.44. The summed E-state index contributed by atoms with van der Waals surface area (Å²) >= 11 is 1.91. The van der Waals surface area contributed by atoms with Crippen LogP contribution < -0.4 is 10.6 Å². The first-order valence-corrected chi connectivity index (χ1v) is 10.5. The fourth-order valence-corrected chi connectivity index (χ4v) is 3.87. The number of hydrogen-bond donors (Lipinski definition) is 2. The van der Waals surface area contributed by atoms with Gasteiger partial charge in [-0.1, -0.05) is 24.3 Å². The third-order valence-electron chi connectivity index (χ3n) is 4.35. The van der Waals surface area contributed by atoms with E-state index in [0.29, 0.717) is 23.4 Å². The van der Waals surface area contributed by atoms with Gasteiger partial charge in [-0.15, -0.1) is 24.0 Å². The van der Waals surface area contributed by atoms with Crippen LogP contribution in [0.1, 0.15) is 37.3 Å². The number of ether oxygens (including phenoxy) is 1. The molecule has 2 unspecified atom stereocenters. The highest BCUT2D eigenvalue weighted by Crippen LogP contribution is 2.28. The number of rotatable bonds is 8. The van der Waals surface area contributed by atoms with E-state index in [0.717, 1.165) is 30.9 Å². The summed E-state index contributed by atoms with van der Waals surface area (Å²) in [5.41, 5.74) is 1.65. The lowest BCUT2D eigenvalue weighted by atomic mass is 10.1. The van der Waals surface area contributed by atoms with E-state index in [-0.39, 0.29) is 30.6 Å². The van der Waals surface area contributed by atoms with Crippen LogP contribution >= 0.6 is 35.7 Å². The SMILES string of the molecule is CCNC(=NCc1cccc(COCC(F)(F)F)c1)NC1CCC(SC)C1.I. The minimum absolute atomic E-state index is 0. The van der Waals surface area contributed by atoms with Crippen LogP contribution in [0.3, 0.4) is 0 Å². The van der Waals surface area contributed by atoms with Crippen LogP contribution in [0.25, 0.3) is 0 Å². The zero-order valence-electron chi connectivity index (χ0n) is 16.2. The minimum atomic E-state index is -4.30. The Bertz CT molecular complexity index is 616. The molecule has 1 aromatic carbocycles. The highest BCUT2D eigenvalue weighted by molar-refractivity contribution is 14.0. The Morgan fingerprint density at radius 2 is 2.04 bits per heavy atom. The largest absolute Gasteiger partial charge is 0.411 e. The standard InChI is InChI=1S/C19H28F3N3OS.HI/c1-3-23-18(25-16-7-8-17(10-16)27-2)24-11-14-5-4-6-15(9-14)12-26-13-19(20,21)22;/h4-6,9,16-17H,3,7-8,10-13H2,1-2H3,(H2,23,24,25);1H. The zero-order valence-corrected chi connectivity index (χ0v) is 19.4. The molecule has 0 heterocycles. The number of guanidine groups is 1. The van der Waals surface area contributed by atoms with Gasteiger partial charge < -0.3 is 15.4 Å². The first-order chi connectivity index (χ1) is 12.9. The molecule has 9 heteroatoms. The summed E-state index contributed by atoms with van der Waals surface area (Å²) in [5.74, 6) is 0.781. The van der Waals surface area contributed by atoms with Gasteiger partial charge in [0, 0.05) is 17.8 Å². The third kappa shape index (κ3) is 9.69. The number of hydrogen-bond acceptors (Lipinski definition) is 3.